The first-order chi connectivity index (χ1) is 22.9. The first-order valence-electron chi connectivity index (χ1n) is 17.6. The predicted molar refractivity (Wildman–Crippen MR) is 186 cm³/mol. The molecule has 4 atom stereocenters. The zero-order valence-corrected chi connectivity index (χ0v) is 28.0. The summed E-state index contributed by atoms with van der Waals surface area (Å²) < 4.78 is 5.99. The molecule has 1 heterocycles. The number of nitrogens with one attached hydrogen (secondary N) is 1. The van der Waals surface area contributed by atoms with Crippen molar-refractivity contribution in [3.05, 3.63) is 96.6 Å². The van der Waals surface area contributed by atoms with Crippen LogP contribution in [0.3, 0.4) is 0 Å². The Kier molecular flexibility index (Phi) is 14.8. The van der Waals surface area contributed by atoms with Crippen LogP contribution < -0.4 is 5.32 Å². The molecule has 2 aromatic carbocycles. The van der Waals surface area contributed by atoms with Crippen molar-refractivity contribution < 1.29 is 24.2 Å². The Labute approximate surface area is 281 Å². The van der Waals surface area contributed by atoms with Crippen molar-refractivity contribution >= 4 is 17.8 Å². The summed E-state index contributed by atoms with van der Waals surface area (Å²) in [5.74, 6) is -1.04. The molecule has 1 fully saturated rings. The molecular formula is C40H54N2O5. The van der Waals surface area contributed by atoms with Crippen LogP contribution in [0.4, 0.5) is 0 Å². The van der Waals surface area contributed by atoms with E-state index < -0.39 is 5.92 Å². The maximum Gasteiger partial charge on any atom is 0.309 e. The van der Waals surface area contributed by atoms with Crippen LogP contribution in [0.2, 0.25) is 0 Å². The number of benzene rings is 2. The highest BCUT2D eigenvalue weighted by atomic mass is 16.5. The van der Waals surface area contributed by atoms with Crippen LogP contribution in [-0.2, 0) is 38.5 Å². The largest absolute Gasteiger partial charge is 0.463 e. The third-order valence-electron chi connectivity index (χ3n) is 9.86. The van der Waals surface area contributed by atoms with Crippen molar-refractivity contribution in [2.45, 2.75) is 102 Å². The molecule has 2 amide bonds. The molecule has 7 heteroatoms. The van der Waals surface area contributed by atoms with Gasteiger partial charge in [-0.05, 0) is 67.6 Å². The molecule has 1 saturated carbocycles. The number of unbranched alkanes of at least 4 members (excludes halogenated alkanes) is 1. The van der Waals surface area contributed by atoms with Crippen LogP contribution in [0.15, 0.2) is 79.9 Å². The lowest BCUT2D eigenvalue weighted by molar-refractivity contribution is -0.150. The maximum atomic E-state index is 13.8. The Morgan fingerprint density at radius 2 is 1.68 bits per heavy atom. The monoisotopic (exact) mass is 642 g/mol. The Balaban J connectivity index is 1.42. The molecule has 7 nitrogen and oxygen atoms in total. The van der Waals surface area contributed by atoms with E-state index >= 15 is 0 Å². The van der Waals surface area contributed by atoms with E-state index in [-0.39, 0.29) is 55.4 Å². The van der Waals surface area contributed by atoms with Crippen molar-refractivity contribution in [3.63, 3.8) is 0 Å². The molecular weight excluding hydrogens is 588 g/mol. The number of allylic oxidation sites excluding steroid dienone is 2. The lowest BCUT2D eigenvalue weighted by atomic mass is 9.84. The average Bonchev–Trinajstić information content (AvgIpc) is 3.10. The van der Waals surface area contributed by atoms with E-state index in [1.54, 1.807) is 11.0 Å². The molecule has 0 radical (unpaired) electrons. The zero-order valence-electron chi connectivity index (χ0n) is 28.0. The van der Waals surface area contributed by atoms with Gasteiger partial charge in [-0.25, -0.2) is 0 Å². The molecule has 0 saturated heterocycles. The molecule has 2 aliphatic rings. The topological polar surface area (TPSA) is 95.9 Å². The minimum absolute atomic E-state index is 0.0227. The highest BCUT2D eigenvalue weighted by Gasteiger charge is 2.33. The number of rotatable bonds is 18. The summed E-state index contributed by atoms with van der Waals surface area (Å²) >= 11 is 0. The van der Waals surface area contributed by atoms with Gasteiger partial charge in [0.15, 0.2) is 0 Å². The van der Waals surface area contributed by atoms with Gasteiger partial charge < -0.3 is 20.1 Å². The summed E-state index contributed by atoms with van der Waals surface area (Å²) in [5.41, 5.74) is 3.31. The van der Waals surface area contributed by atoms with E-state index in [0.29, 0.717) is 38.1 Å². The average molecular weight is 643 g/mol. The first kappa shape index (κ1) is 36.1. The maximum absolute atomic E-state index is 13.8. The van der Waals surface area contributed by atoms with Gasteiger partial charge in [0.05, 0.1) is 30.5 Å². The molecule has 1 aliphatic heterocycles. The molecule has 0 bridgehead atoms. The van der Waals surface area contributed by atoms with E-state index in [9.17, 15) is 19.5 Å². The number of ether oxygens (including phenoxy) is 1. The van der Waals surface area contributed by atoms with Crippen LogP contribution in [0, 0.1) is 17.8 Å². The quantitative estimate of drug-likeness (QED) is 0.107. The fraction of sp³-hybridized carbons (Fsp3) is 0.525. The summed E-state index contributed by atoms with van der Waals surface area (Å²) in [4.78, 5) is 42.7. The van der Waals surface area contributed by atoms with Gasteiger partial charge in [-0.15, -0.1) is 13.2 Å². The number of esters is 1. The van der Waals surface area contributed by atoms with E-state index in [2.05, 4.69) is 18.5 Å². The van der Waals surface area contributed by atoms with Gasteiger partial charge in [-0.2, -0.15) is 0 Å². The molecule has 0 spiro atoms. The van der Waals surface area contributed by atoms with E-state index in [1.165, 1.54) is 19.3 Å². The number of amides is 2. The highest BCUT2D eigenvalue weighted by Crippen LogP contribution is 2.29. The summed E-state index contributed by atoms with van der Waals surface area (Å²) in [6, 6.07) is 17.3. The molecule has 2 aromatic rings. The van der Waals surface area contributed by atoms with Gasteiger partial charge in [0.2, 0.25) is 11.8 Å². The molecule has 47 heavy (non-hydrogen) atoms. The molecule has 1 aliphatic carbocycles. The van der Waals surface area contributed by atoms with E-state index in [1.807, 2.05) is 60.7 Å². The third-order valence-corrected chi connectivity index (χ3v) is 9.86. The summed E-state index contributed by atoms with van der Waals surface area (Å²) in [6.07, 6.45) is 14.0. The van der Waals surface area contributed by atoms with Crippen molar-refractivity contribution in [1.29, 1.82) is 0 Å². The van der Waals surface area contributed by atoms with Crippen LogP contribution in [0.25, 0.3) is 0 Å². The second kappa shape index (κ2) is 19.2. The SMILES string of the molecule is C=CCCC[C@H](Cc1ccccc1)C(=O)OC[C@H](CC1CCCCC1)NC(=O)[C@H](CC=C)CC(=O)N1Cc2ccccc2C[C@H]1CO. The number of aliphatic hydroxyl groups is 1. The molecule has 0 aromatic heterocycles. The van der Waals surface area contributed by atoms with Crippen molar-refractivity contribution in [2.75, 3.05) is 13.2 Å². The summed E-state index contributed by atoms with van der Waals surface area (Å²) in [5, 5.41) is 13.3. The lowest BCUT2D eigenvalue weighted by Crippen LogP contribution is -2.48. The van der Waals surface area contributed by atoms with E-state index in [0.717, 1.165) is 48.8 Å². The Morgan fingerprint density at radius 3 is 2.38 bits per heavy atom. The Hall–Kier alpha value is -3.71. The minimum atomic E-state index is -0.606. The number of fused-ring (bicyclic) bond motifs is 1. The van der Waals surface area contributed by atoms with Crippen LogP contribution in [0.1, 0.15) is 87.3 Å². The second-order valence-electron chi connectivity index (χ2n) is 13.4. The van der Waals surface area contributed by atoms with Gasteiger partial charge in [-0.3, -0.25) is 14.4 Å². The summed E-state index contributed by atoms with van der Waals surface area (Å²) in [6.45, 7) is 8.07. The number of hydrogen-bond acceptors (Lipinski definition) is 5. The number of carbonyl (C=O) groups is 3. The smallest absolute Gasteiger partial charge is 0.309 e. The van der Waals surface area contributed by atoms with Crippen molar-refractivity contribution in [3.8, 4) is 0 Å². The van der Waals surface area contributed by atoms with Gasteiger partial charge in [0.1, 0.15) is 6.61 Å². The lowest BCUT2D eigenvalue weighted by Gasteiger charge is -2.37. The Morgan fingerprint density at radius 1 is 0.957 bits per heavy atom. The molecule has 2 N–H and O–H groups in total. The third kappa shape index (κ3) is 11.2. The Bertz CT molecular complexity index is 1300. The number of aliphatic hydroxyl groups excluding tert-OH is 1. The number of hydrogen-bond donors (Lipinski definition) is 2. The van der Waals surface area contributed by atoms with Gasteiger partial charge in [-0.1, -0.05) is 98.9 Å². The fourth-order valence-corrected chi connectivity index (χ4v) is 7.18. The summed E-state index contributed by atoms with van der Waals surface area (Å²) in [7, 11) is 0. The van der Waals surface area contributed by atoms with Gasteiger partial charge in [0, 0.05) is 13.0 Å². The van der Waals surface area contributed by atoms with E-state index in [4.69, 9.17) is 4.74 Å². The second-order valence-corrected chi connectivity index (χ2v) is 13.4. The minimum Gasteiger partial charge on any atom is -0.463 e. The molecule has 4 rings (SSSR count). The van der Waals surface area contributed by atoms with Crippen LogP contribution in [0.5, 0.6) is 0 Å². The van der Waals surface area contributed by atoms with Gasteiger partial charge in [0.25, 0.3) is 0 Å². The van der Waals surface area contributed by atoms with Crippen molar-refractivity contribution in [2.24, 2.45) is 17.8 Å². The predicted octanol–water partition coefficient (Wildman–Crippen LogP) is 6.73. The highest BCUT2D eigenvalue weighted by molar-refractivity contribution is 5.86. The van der Waals surface area contributed by atoms with Gasteiger partial charge >= 0.3 is 5.97 Å². The van der Waals surface area contributed by atoms with Crippen LogP contribution >= 0.6 is 0 Å². The molecule has 254 valence electrons. The van der Waals surface area contributed by atoms with Crippen molar-refractivity contribution in [1.82, 2.24) is 10.2 Å². The normalized spacial score (nSPS) is 18.3. The zero-order chi connectivity index (χ0) is 33.4. The number of carbonyl (C=O) groups excluding carboxylic acids is 3. The first-order valence-corrected chi connectivity index (χ1v) is 17.6. The standard InChI is InChI=1S/C40H54N2O5/c1-3-5-8-21-34(23-30-16-9-6-10-17-30)40(46)47-29-36(24-31-18-11-7-12-19-31)41-39(45)33(15-4-2)26-38(44)42-27-35-22-14-13-20-32(35)25-37(42)28-43/h3-4,6,9-10,13-14,16-17,20,22,31,33-34,36-37,43H,1-2,5,7-8,11-12,15,18-19,21,23-29H2,(H,41,45)/t33-,34-,36+,37+/m1/s1. The number of nitrogens with zero attached hydrogens (tertiary/aromatic N) is 1. The molecule has 0 unspecified atom stereocenters. The van der Waals surface area contributed by atoms with Crippen LogP contribution in [-0.4, -0.2) is 53.1 Å². The fourth-order valence-electron chi connectivity index (χ4n) is 7.18.